The van der Waals surface area contributed by atoms with Crippen LogP contribution in [-0.2, 0) is 6.54 Å². The van der Waals surface area contributed by atoms with E-state index in [2.05, 4.69) is 15.9 Å². The second-order valence-electron chi connectivity index (χ2n) is 4.11. The van der Waals surface area contributed by atoms with Gasteiger partial charge in [0, 0.05) is 39.1 Å². The zero-order valence-corrected chi connectivity index (χ0v) is 9.43. The Balaban J connectivity index is 1.71. The van der Waals surface area contributed by atoms with Crippen LogP contribution in [0.5, 0.6) is 0 Å². The van der Waals surface area contributed by atoms with Gasteiger partial charge >= 0.3 is 0 Å². The molecular formula is C12H17N3O. The van der Waals surface area contributed by atoms with Gasteiger partial charge in [-0.3, -0.25) is 9.80 Å². The summed E-state index contributed by atoms with van der Waals surface area (Å²) in [5.74, 6) is 1.03. The summed E-state index contributed by atoms with van der Waals surface area (Å²) in [6, 6.07) is 6.14. The topological polar surface area (TPSA) is 43.4 Å². The normalized spacial score (nSPS) is 18.4. The van der Waals surface area contributed by atoms with E-state index in [1.165, 1.54) is 0 Å². The Bertz CT molecular complexity index is 334. The second-order valence-corrected chi connectivity index (χ2v) is 4.11. The molecule has 1 aliphatic heterocycles. The fraction of sp³-hybridized carbons (Fsp3) is 0.583. The molecule has 2 rings (SSSR count). The first-order chi connectivity index (χ1) is 7.88. The lowest BCUT2D eigenvalue weighted by atomic mass is 10.3. The van der Waals surface area contributed by atoms with Crippen LogP contribution < -0.4 is 0 Å². The predicted octanol–water partition coefficient (Wildman–Crippen LogP) is 1.31. The predicted molar refractivity (Wildman–Crippen MR) is 60.7 cm³/mol. The van der Waals surface area contributed by atoms with Gasteiger partial charge in [-0.15, -0.1) is 0 Å². The van der Waals surface area contributed by atoms with Crippen molar-refractivity contribution < 1.29 is 4.42 Å². The molecule has 0 N–H and O–H groups in total. The summed E-state index contributed by atoms with van der Waals surface area (Å²) in [7, 11) is 0. The van der Waals surface area contributed by atoms with Crippen molar-refractivity contribution in [2.75, 3.05) is 32.7 Å². The van der Waals surface area contributed by atoms with Crippen LogP contribution in [0.2, 0.25) is 0 Å². The number of hydrogen-bond donors (Lipinski definition) is 0. The molecule has 4 nitrogen and oxygen atoms in total. The monoisotopic (exact) mass is 219 g/mol. The molecule has 0 unspecified atom stereocenters. The van der Waals surface area contributed by atoms with E-state index < -0.39 is 0 Å². The summed E-state index contributed by atoms with van der Waals surface area (Å²) >= 11 is 0. The largest absolute Gasteiger partial charge is 0.468 e. The SMILES string of the molecule is N#CCCN1CCN(Cc2ccco2)CC1. The van der Waals surface area contributed by atoms with Gasteiger partial charge in [0.05, 0.1) is 18.9 Å². The quantitative estimate of drug-likeness (QED) is 0.766. The third-order valence-electron chi connectivity index (χ3n) is 2.96. The van der Waals surface area contributed by atoms with E-state index >= 15 is 0 Å². The highest BCUT2D eigenvalue weighted by atomic mass is 16.3. The van der Waals surface area contributed by atoms with Crippen LogP contribution in [0.1, 0.15) is 12.2 Å². The number of rotatable bonds is 4. The molecule has 0 aromatic carbocycles. The number of piperazine rings is 1. The van der Waals surface area contributed by atoms with Crippen LogP contribution in [0.4, 0.5) is 0 Å². The van der Waals surface area contributed by atoms with Crippen molar-refractivity contribution >= 4 is 0 Å². The van der Waals surface area contributed by atoms with Crippen LogP contribution >= 0.6 is 0 Å². The van der Waals surface area contributed by atoms with Gasteiger partial charge in [-0.2, -0.15) is 5.26 Å². The Hall–Kier alpha value is -1.31. The molecule has 16 heavy (non-hydrogen) atoms. The molecule has 0 saturated carbocycles. The summed E-state index contributed by atoms with van der Waals surface area (Å²) in [6.07, 6.45) is 2.36. The van der Waals surface area contributed by atoms with E-state index in [4.69, 9.17) is 9.68 Å². The lowest BCUT2D eigenvalue weighted by Crippen LogP contribution is -2.45. The van der Waals surface area contributed by atoms with Crippen molar-refractivity contribution in [3.8, 4) is 6.07 Å². The van der Waals surface area contributed by atoms with E-state index in [-0.39, 0.29) is 0 Å². The average molecular weight is 219 g/mol. The van der Waals surface area contributed by atoms with Crippen LogP contribution in [-0.4, -0.2) is 42.5 Å². The highest BCUT2D eigenvalue weighted by Gasteiger charge is 2.16. The molecule has 0 bridgehead atoms. The molecule has 0 atom stereocenters. The standard InChI is InChI=1S/C12H17N3O/c13-4-2-5-14-6-8-15(9-7-14)11-12-3-1-10-16-12/h1,3,10H,2,5-9,11H2. The third kappa shape index (κ3) is 3.09. The van der Waals surface area contributed by atoms with E-state index in [9.17, 15) is 0 Å². The molecule has 0 spiro atoms. The molecule has 1 aromatic heterocycles. The van der Waals surface area contributed by atoms with Crippen LogP contribution in [0.15, 0.2) is 22.8 Å². The van der Waals surface area contributed by atoms with E-state index in [1.807, 2.05) is 12.1 Å². The minimum absolute atomic E-state index is 0.637. The van der Waals surface area contributed by atoms with Crippen LogP contribution in [0, 0.1) is 11.3 Å². The first-order valence-corrected chi connectivity index (χ1v) is 5.72. The second kappa shape index (κ2) is 5.69. The summed E-state index contributed by atoms with van der Waals surface area (Å²) in [5, 5.41) is 8.52. The van der Waals surface area contributed by atoms with Gasteiger partial charge < -0.3 is 4.42 Å². The smallest absolute Gasteiger partial charge is 0.117 e. The highest BCUT2D eigenvalue weighted by molar-refractivity contribution is 4.98. The molecule has 86 valence electrons. The maximum atomic E-state index is 8.52. The van der Waals surface area contributed by atoms with Crippen molar-refractivity contribution in [3.05, 3.63) is 24.2 Å². The first-order valence-electron chi connectivity index (χ1n) is 5.72. The van der Waals surface area contributed by atoms with Gasteiger partial charge in [-0.1, -0.05) is 0 Å². The number of hydrogen-bond acceptors (Lipinski definition) is 4. The van der Waals surface area contributed by atoms with Gasteiger partial charge in [0.15, 0.2) is 0 Å². The molecule has 0 radical (unpaired) electrons. The number of nitriles is 1. The molecule has 1 aliphatic rings. The minimum Gasteiger partial charge on any atom is -0.468 e. The van der Waals surface area contributed by atoms with Gasteiger partial charge in [-0.05, 0) is 12.1 Å². The molecule has 1 aromatic rings. The highest BCUT2D eigenvalue weighted by Crippen LogP contribution is 2.08. The summed E-state index contributed by atoms with van der Waals surface area (Å²) < 4.78 is 5.33. The molecular weight excluding hydrogens is 202 g/mol. The van der Waals surface area contributed by atoms with Gasteiger partial charge in [0.25, 0.3) is 0 Å². The Kier molecular flexibility index (Phi) is 3.97. The van der Waals surface area contributed by atoms with E-state index in [0.29, 0.717) is 6.42 Å². The van der Waals surface area contributed by atoms with Crippen molar-refractivity contribution in [2.24, 2.45) is 0 Å². The minimum atomic E-state index is 0.637. The summed E-state index contributed by atoms with van der Waals surface area (Å²) in [6.45, 7) is 6.05. The zero-order chi connectivity index (χ0) is 11.2. The van der Waals surface area contributed by atoms with Crippen LogP contribution in [0.3, 0.4) is 0 Å². The first kappa shape index (κ1) is 11.2. The van der Waals surface area contributed by atoms with Crippen LogP contribution in [0.25, 0.3) is 0 Å². The van der Waals surface area contributed by atoms with Gasteiger partial charge in [0.1, 0.15) is 5.76 Å². The Labute approximate surface area is 96.1 Å². The van der Waals surface area contributed by atoms with Crippen molar-refractivity contribution in [1.29, 1.82) is 5.26 Å². The van der Waals surface area contributed by atoms with E-state index in [1.54, 1.807) is 6.26 Å². The lowest BCUT2D eigenvalue weighted by Gasteiger charge is -2.33. The maximum absolute atomic E-state index is 8.52. The fourth-order valence-electron chi connectivity index (χ4n) is 2.00. The Morgan fingerprint density at radius 2 is 2.00 bits per heavy atom. The van der Waals surface area contributed by atoms with Crippen molar-refractivity contribution in [3.63, 3.8) is 0 Å². The molecule has 1 saturated heterocycles. The molecule has 1 fully saturated rings. The molecule has 0 amide bonds. The van der Waals surface area contributed by atoms with Crippen molar-refractivity contribution in [1.82, 2.24) is 9.80 Å². The Morgan fingerprint density at radius 1 is 1.25 bits per heavy atom. The molecule has 4 heteroatoms. The average Bonchev–Trinajstić information content (AvgIpc) is 2.81. The molecule has 2 heterocycles. The number of nitrogens with zero attached hydrogens (tertiary/aromatic N) is 3. The van der Waals surface area contributed by atoms with Crippen molar-refractivity contribution in [2.45, 2.75) is 13.0 Å². The van der Waals surface area contributed by atoms with E-state index in [0.717, 1.165) is 45.0 Å². The third-order valence-corrected chi connectivity index (χ3v) is 2.96. The Morgan fingerprint density at radius 3 is 2.62 bits per heavy atom. The lowest BCUT2D eigenvalue weighted by molar-refractivity contribution is 0.122. The van der Waals surface area contributed by atoms with Gasteiger partial charge in [-0.25, -0.2) is 0 Å². The zero-order valence-electron chi connectivity index (χ0n) is 9.43. The summed E-state index contributed by atoms with van der Waals surface area (Å²) in [5.41, 5.74) is 0. The number of furan rings is 1. The summed E-state index contributed by atoms with van der Waals surface area (Å²) in [4.78, 5) is 4.74. The molecule has 0 aliphatic carbocycles. The maximum Gasteiger partial charge on any atom is 0.117 e. The fourth-order valence-corrected chi connectivity index (χ4v) is 2.00. The van der Waals surface area contributed by atoms with Gasteiger partial charge in [0.2, 0.25) is 0 Å².